The van der Waals surface area contributed by atoms with Gasteiger partial charge in [-0.05, 0) is 36.4 Å². The highest BCUT2D eigenvalue weighted by atomic mass is 19.4. The third kappa shape index (κ3) is 3.34. The average Bonchev–Trinajstić information content (AvgIpc) is 2.46. The summed E-state index contributed by atoms with van der Waals surface area (Å²) in [5, 5.41) is 0. The molecular weight excluding hydrogens is 335 g/mol. The second-order valence-corrected chi connectivity index (χ2v) is 4.62. The lowest BCUT2D eigenvalue weighted by atomic mass is 10.1. The lowest BCUT2D eigenvalue weighted by molar-refractivity contribution is -0.137. The van der Waals surface area contributed by atoms with E-state index in [4.69, 9.17) is 5.73 Å². The van der Waals surface area contributed by atoms with E-state index in [1.165, 1.54) is 0 Å². The Morgan fingerprint density at radius 2 is 1.42 bits per heavy atom. The summed E-state index contributed by atoms with van der Waals surface area (Å²) in [5.41, 5.74) is 2.60. The van der Waals surface area contributed by atoms with E-state index in [0.29, 0.717) is 12.1 Å². The molecule has 0 heterocycles. The molecule has 0 saturated heterocycles. The first-order valence-electron chi connectivity index (χ1n) is 6.38. The van der Waals surface area contributed by atoms with Crippen molar-refractivity contribution in [3.05, 3.63) is 65.2 Å². The van der Waals surface area contributed by atoms with Crippen LogP contribution in [0.5, 0.6) is 0 Å². The normalized spacial score (nSPS) is 11.2. The number of halogens is 5. The van der Waals surface area contributed by atoms with Crippen molar-refractivity contribution < 1.29 is 31.5 Å². The molecule has 126 valence electrons. The molecule has 0 unspecified atom stereocenters. The van der Waals surface area contributed by atoms with Crippen molar-refractivity contribution in [2.45, 2.75) is 6.18 Å². The van der Waals surface area contributed by atoms with Crippen molar-refractivity contribution in [1.82, 2.24) is 0 Å². The lowest BCUT2D eigenvalue weighted by Gasteiger charge is -2.19. The molecule has 0 bridgehead atoms. The van der Waals surface area contributed by atoms with Crippen molar-refractivity contribution in [1.29, 1.82) is 0 Å². The van der Waals surface area contributed by atoms with E-state index >= 15 is 0 Å². The minimum Gasteiger partial charge on any atom is -0.351 e. The molecule has 0 fully saturated rings. The van der Waals surface area contributed by atoms with Crippen LogP contribution in [0, 0.1) is 11.6 Å². The maximum Gasteiger partial charge on any atom is 0.416 e. The van der Waals surface area contributed by atoms with Gasteiger partial charge >= 0.3 is 12.2 Å². The van der Waals surface area contributed by atoms with Crippen LogP contribution in [0.4, 0.5) is 32.4 Å². The summed E-state index contributed by atoms with van der Waals surface area (Å²) in [4.78, 5) is 23.9. The van der Waals surface area contributed by atoms with E-state index in [9.17, 15) is 31.5 Å². The number of hydrogen-bond acceptors (Lipinski definition) is 2. The first-order chi connectivity index (χ1) is 11.1. The van der Waals surface area contributed by atoms with Crippen molar-refractivity contribution in [3.8, 4) is 0 Å². The van der Waals surface area contributed by atoms with Gasteiger partial charge in [-0.25, -0.2) is 18.5 Å². The van der Waals surface area contributed by atoms with Gasteiger partial charge in [-0.15, -0.1) is 0 Å². The topological polar surface area (TPSA) is 63.4 Å². The van der Waals surface area contributed by atoms with E-state index < -0.39 is 40.9 Å². The fourth-order valence-electron chi connectivity index (χ4n) is 1.96. The lowest BCUT2D eigenvalue weighted by Crippen LogP contribution is -2.41. The first kappa shape index (κ1) is 17.4. The van der Waals surface area contributed by atoms with Crippen LogP contribution in [-0.4, -0.2) is 11.9 Å². The number of nitrogens with two attached hydrogens (primary N) is 1. The predicted molar refractivity (Wildman–Crippen MR) is 74.2 cm³/mol. The first-order valence-corrected chi connectivity index (χ1v) is 6.38. The summed E-state index contributed by atoms with van der Waals surface area (Å²) < 4.78 is 65.0. The molecule has 9 heteroatoms. The molecule has 24 heavy (non-hydrogen) atoms. The smallest absolute Gasteiger partial charge is 0.351 e. The van der Waals surface area contributed by atoms with Gasteiger partial charge in [0.05, 0.1) is 11.3 Å². The van der Waals surface area contributed by atoms with Crippen LogP contribution >= 0.6 is 0 Å². The number of primary amides is 1. The van der Waals surface area contributed by atoms with Crippen LogP contribution in [0.15, 0.2) is 42.5 Å². The van der Waals surface area contributed by atoms with Crippen LogP contribution in [-0.2, 0) is 6.18 Å². The zero-order valence-electron chi connectivity index (χ0n) is 11.8. The van der Waals surface area contributed by atoms with E-state index in [1.807, 2.05) is 0 Å². The Kier molecular flexibility index (Phi) is 4.54. The van der Waals surface area contributed by atoms with Gasteiger partial charge in [0.25, 0.3) is 5.91 Å². The van der Waals surface area contributed by atoms with Crippen LogP contribution in [0.3, 0.4) is 0 Å². The number of urea groups is 1. The summed E-state index contributed by atoms with van der Waals surface area (Å²) in [6, 6.07) is 4.00. The number of imide groups is 1. The number of rotatable bonds is 2. The van der Waals surface area contributed by atoms with Crippen molar-refractivity contribution in [2.24, 2.45) is 5.73 Å². The fraction of sp³-hybridized carbons (Fsp3) is 0.0667. The number of amides is 3. The molecule has 0 aliphatic rings. The molecule has 3 amide bonds. The van der Waals surface area contributed by atoms with Crippen LogP contribution in [0.25, 0.3) is 0 Å². The third-order valence-electron chi connectivity index (χ3n) is 3.05. The molecule has 2 N–H and O–H groups in total. The summed E-state index contributed by atoms with van der Waals surface area (Å²) in [6.45, 7) is 0. The maximum absolute atomic E-state index is 13.7. The molecule has 2 aromatic carbocycles. The number of anilines is 1. The van der Waals surface area contributed by atoms with Crippen LogP contribution < -0.4 is 10.6 Å². The van der Waals surface area contributed by atoms with Crippen molar-refractivity contribution in [3.63, 3.8) is 0 Å². The van der Waals surface area contributed by atoms with Crippen molar-refractivity contribution in [2.75, 3.05) is 4.90 Å². The van der Waals surface area contributed by atoms with Crippen molar-refractivity contribution >= 4 is 17.6 Å². The number of nitrogens with zero attached hydrogens (tertiary/aromatic N) is 1. The Hall–Kier alpha value is -2.97. The molecule has 2 rings (SSSR count). The highest BCUT2D eigenvalue weighted by molar-refractivity contribution is 6.20. The Labute approximate surface area is 132 Å². The Morgan fingerprint density at radius 1 is 0.917 bits per heavy atom. The quantitative estimate of drug-likeness (QED) is 0.844. The number of carbonyl (C=O) groups is 2. The number of alkyl halides is 3. The van der Waals surface area contributed by atoms with Gasteiger partial charge in [0.15, 0.2) is 0 Å². The van der Waals surface area contributed by atoms with Gasteiger partial charge in [-0.2, -0.15) is 13.2 Å². The summed E-state index contributed by atoms with van der Waals surface area (Å²) in [7, 11) is 0. The average molecular weight is 344 g/mol. The Bertz CT molecular complexity index is 767. The van der Waals surface area contributed by atoms with E-state index in [-0.39, 0.29) is 10.6 Å². The summed E-state index contributed by atoms with van der Waals surface area (Å²) >= 11 is 0. The third-order valence-corrected chi connectivity index (χ3v) is 3.05. The standard InChI is InChI=1S/C15H9F5N2O2/c16-10-2-1-3-11(17)12(10)13(23)22(14(21)24)9-6-4-8(5-7-9)15(18,19)20/h1-7H,(H2,21,24). The largest absolute Gasteiger partial charge is 0.416 e. The summed E-state index contributed by atoms with van der Waals surface area (Å²) in [6.07, 6.45) is -4.63. The molecule has 0 aliphatic heterocycles. The van der Waals surface area contributed by atoms with E-state index in [1.54, 1.807) is 0 Å². The van der Waals surface area contributed by atoms with Gasteiger partial charge in [0.1, 0.15) is 17.2 Å². The fourth-order valence-corrected chi connectivity index (χ4v) is 1.96. The van der Waals surface area contributed by atoms with Gasteiger partial charge in [-0.1, -0.05) is 6.07 Å². The molecule has 0 aromatic heterocycles. The Balaban J connectivity index is 2.47. The Morgan fingerprint density at radius 3 is 1.83 bits per heavy atom. The summed E-state index contributed by atoms with van der Waals surface area (Å²) in [5.74, 6) is -3.91. The molecule has 2 aromatic rings. The number of benzene rings is 2. The molecule has 4 nitrogen and oxygen atoms in total. The molecule has 0 aliphatic carbocycles. The van der Waals surface area contributed by atoms with Crippen LogP contribution in [0.2, 0.25) is 0 Å². The monoisotopic (exact) mass is 344 g/mol. The zero-order chi connectivity index (χ0) is 18.1. The molecule has 0 spiro atoms. The van der Waals surface area contributed by atoms with Gasteiger partial charge in [0, 0.05) is 0 Å². The SMILES string of the molecule is NC(=O)N(C(=O)c1c(F)cccc1F)c1ccc(C(F)(F)F)cc1. The molecule has 0 saturated carbocycles. The van der Waals surface area contributed by atoms with Gasteiger partial charge < -0.3 is 5.73 Å². The number of hydrogen-bond donors (Lipinski definition) is 1. The zero-order valence-corrected chi connectivity index (χ0v) is 11.8. The minimum atomic E-state index is -4.63. The molecule has 0 atom stereocenters. The second kappa shape index (κ2) is 6.26. The highest BCUT2D eigenvalue weighted by Crippen LogP contribution is 2.31. The second-order valence-electron chi connectivity index (χ2n) is 4.62. The van der Waals surface area contributed by atoms with Gasteiger partial charge in [0.2, 0.25) is 0 Å². The van der Waals surface area contributed by atoms with Crippen LogP contribution in [0.1, 0.15) is 15.9 Å². The molecule has 0 radical (unpaired) electrons. The number of carbonyl (C=O) groups excluding carboxylic acids is 2. The van der Waals surface area contributed by atoms with E-state index in [2.05, 4.69) is 0 Å². The highest BCUT2D eigenvalue weighted by Gasteiger charge is 2.32. The maximum atomic E-state index is 13.7. The molecular formula is C15H9F5N2O2. The predicted octanol–water partition coefficient (Wildman–Crippen LogP) is 3.71. The van der Waals surface area contributed by atoms with Gasteiger partial charge in [-0.3, -0.25) is 4.79 Å². The van der Waals surface area contributed by atoms with E-state index in [0.717, 1.165) is 30.3 Å². The minimum absolute atomic E-state index is 0.182.